The number of nitrogens with one attached hydrogen (secondary N) is 1. The van der Waals surface area contributed by atoms with Gasteiger partial charge in [0.15, 0.2) is 0 Å². The number of likely N-dealkylation sites (N-methyl/N-ethyl adjacent to an activating group) is 1. The summed E-state index contributed by atoms with van der Waals surface area (Å²) in [4.78, 5) is 1.42. The van der Waals surface area contributed by atoms with E-state index in [2.05, 4.69) is 9.62 Å². The lowest BCUT2D eigenvalue weighted by molar-refractivity contribution is -0.140. The van der Waals surface area contributed by atoms with Crippen molar-refractivity contribution in [1.29, 1.82) is 0 Å². The predicted octanol–water partition coefficient (Wildman–Crippen LogP) is 4.07. The Morgan fingerprint density at radius 3 is 2.43 bits per heavy atom. The molecule has 30 heavy (non-hydrogen) atoms. The van der Waals surface area contributed by atoms with Crippen molar-refractivity contribution in [3.05, 3.63) is 52.8 Å². The van der Waals surface area contributed by atoms with E-state index in [1.807, 2.05) is 14.1 Å². The maximum atomic E-state index is 13.5. The number of halogens is 4. The number of hydrogen-bond acceptors (Lipinski definition) is 4. The Bertz CT molecular complexity index is 1050. The van der Waals surface area contributed by atoms with Crippen molar-refractivity contribution < 1.29 is 30.7 Å². The van der Waals surface area contributed by atoms with E-state index in [-0.39, 0.29) is 11.7 Å². The Morgan fingerprint density at radius 1 is 1.13 bits per heavy atom. The summed E-state index contributed by atoms with van der Waals surface area (Å²) in [6.07, 6.45) is -2.99. The van der Waals surface area contributed by atoms with Gasteiger partial charge in [-0.2, -0.15) is 13.2 Å². The van der Waals surface area contributed by atoms with Crippen molar-refractivity contribution in [2.75, 3.05) is 25.9 Å². The molecule has 0 aromatic heterocycles. The van der Waals surface area contributed by atoms with Gasteiger partial charge in [0.25, 0.3) is 10.0 Å². The lowest BCUT2D eigenvalue weighted by Gasteiger charge is -2.32. The van der Waals surface area contributed by atoms with Crippen molar-refractivity contribution in [2.24, 2.45) is 0 Å². The normalized spacial score (nSPS) is 17.0. The van der Waals surface area contributed by atoms with Crippen LogP contribution in [0.2, 0.25) is 0 Å². The topological polar surface area (TPSA) is 58.6 Å². The number of hydrogen-bond donors (Lipinski definition) is 1. The SMILES string of the molecule is COc1ccc(NS(=O)(=O)c2ccc(F)c(C(F)(F)F)c2)c2c1C[C@@H](N(C)C)CC2. The van der Waals surface area contributed by atoms with E-state index < -0.39 is 32.5 Å². The quantitative estimate of drug-likeness (QED) is 0.704. The molecule has 1 N–H and O–H groups in total. The van der Waals surface area contributed by atoms with Gasteiger partial charge in [0.05, 0.1) is 23.3 Å². The molecule has 3 rings (SSSR count). The molecule has 2 aromatic carbocycles. The van der Waals surface area contributed by atoms with Crippen LogP contribution in [0.5, 0.6) is 5.75 Å². The van der Waals surface area contributed by atoms with E-state index in [1.165, 1.54) is 13.2 Å². The highest BCUT2D eigenvalue weighted by molar-refractivity contribution is 7.92. The van der Waals surface area contributed by atoms with Crippen LogP contribution in [-0.2, 0) is 29.0 Å². The molecule has 1 aliphatic carbocycles. The number of ether oxygens (including phenoxy) is 1. The summed E-state index contributed by atoms with van der Waals surface area (Å²) < 4.78 is 85.8. The van der Waals surface area contributed by atoms with Gasteiger partial charge < -0.3 is 9.64 Å². The first-order valence-electron chi connectivity index (χ1n) is 9.18. The van der Waals surface area contributed by atoms with Crippen LogP contribution in [0.1, 0.15) is 23.1 Å². The van der Waals surface area contributed by atoms with Gasteiger partial charge in [-0.25, -0.2) is 12.8 Å². The molecule has 0 aliphatic heterocycles. The van der Waals surface area contributed by atoms with E-state index in [1.54, 1.807) is 6.07 Å². The van der Waals surface area contributed by atoms with Gasteiger partial charge in [0.1, 0.15) is 11.6 Å². The molecule has 10 heteroatoms. The monoisotopic (exact) mass is 446 g/mol. The van der Waals surface area contributed by atoms with Gasteiger partial charge in [-0.1, -0.05) is 0 Å². The average Bonchev–Trinajstić information content (AvgIpc) is 2.66. The third kappa shape index (κ3) is 4.39. The fourth-order valence-corrected chi connectivity index (χ4v) is 4.77. The van der Waals surface area contributed by atoms with Gasteiger partial charge in [-0.3, -0.25) is 4.72 Å². The van der Waals surface area contributed by atoms with Gasteiger partial charge >= 0.3 is 6.18 Å². The molecule has 0 bridgehead atoms. The highest BCUT2D eigenvalue weighted by Gasteiger charge is 2.35. The molecule has 0 fully saturated rings. The number of methoxy groups -OCH3 is 1. The second-order valence-electron chi connectivity index (χ2n) is 7.38. The zero-order valence-electron chi connectivity index (χ0n) is 16.7. The molecule has 0 spiro atoms. The molecule has 0 radical (unpaired) electrons. The standard InChI is InChI=1S/C20H22F4N2O3S/c1-26(2)12-4-6-14-15(10-12)19(29-3)9-8-18(14)25-30(27,28)13-5-7-17(21)16(11-13)20(22,23)24/h5,7-9,11-12,25H,4,6,10H2,1-3H3/t12-/m0/s1. The Morgan fingerprint density at radius 2 is 1.83 bits per heavy atom. The van der Waals surface area contributed by atoms with Crippen molar-refractivity contribution in [3.8, 4) is 5.75 Å². The molecule has 1 aliphatic rings. The molecule has 0 unspecified atom stereocenters. The van der Waals surface area contributed by atoms with E-state index in [0.717, 1.165) is 23.6 Å². The van der Waals surface area contributed by atoms with Crippen LogP contribution in [0, 0.1) is 5.82 Å². The summed E-state index contributed by atoms with van der Waals surface area (Å²) in [5.74, 6) is -0.904. The third-order valence-electron chi connectivity index (χ3n) is 5.30. The number of benzene rings is 2. The second kappa shape index (κ2) is 8.07. The van der Waals surface area contributed by atoms with E-state index in [0.29, 0.717) is 30.7 Å². The van der Waals surface area contributed by atoms with Crippen molar-refractivity contribution in [1.82, 2.24) is 4.90 Å². The van der Waals surface area contributed by atoms with Crippen molar-refractivity contribution in [3.63, 3.8) is 0 Å². The summed E-state index contributed by atoms with van der Waals surface area (Å²) in [7, 11) is 1.08. The lowest BCUT2D eigenvalue weighted by Crippen LogP contribution is -2.34. The van der Waals surface area contributed by atoms with Crippen LogP contribution in [0.4, 0.5) is 23.2 Å². The molecule has 0 saturated heterocycles. The molecule has 1 atom stereocenters. The fourth-order valence-electron chi connectivity index (χ4n) is 3.65. The highest BCUT2D eigenvalue weighted by atomic mass is 32.2. The minimum absolute atomic E-state index is 0.254. The number of nitrogens with zero attached hydrogens (tertiary/aromatic N) is 1. The first kappa shape index (κ1) is 22.4. The third-order valence-corrected chi connectivity index (χ3v) is 6.67. The van der Waals surface area contributed by atoms with Crippen molar-refractivity contribution >= 4 is 15.7 Å². The first-order valence-corrected chi connectivity index (χ1v) is 10.7. The summed E-state index contributed by atoms with van der Waals surface area (Å²) in [6.45, 7) is 0. The van der Waals surface area contributed by atoms with E-state index >= 15 is 0 Å². The molecule has 0 amide bonds. The zero-order valence-corrected chi connectivity index (χ0v) is 17.5. The van der Waals surface area contributed by atoms with Crippen LogP contribution >= 0.6 is 0 Å². The minimum Gasteiger partial charge on any atom is -0.496 e. The van der Waals surface area contributed by atoms with Gasteiger partial charge in [0.2, 0.25) is 0 Å². The maximum Gasteiger partial charge on any atom is 0.419 e. The fraction of sp³-hybridized carbons (Fsp3) is 0.400. The Kier molecular flexibility index (Phi) is 6.01. The summed E-state index contributed by atoms with van der Waals surface area (Å²) in [6, 6.07) is 5.02. The molecular weight excluding hydrogens is 424 g/mol. The van der Waals surface area contributed by atoms with Gasteiger partial charge in [-0.05, 0) is 69.3 Å². The van der Waals surface area contributed by atoms with Gasteiger partial charge in [0, 0.05) is 11.6 Å². The van der Waals surface area contributed by atoms with Gasteiger partial charge in [-0.15, -0.1) is 0 Å². The highest BCUT2D eigenvalue weighted by Crippen LogP contribution is 2.37. The van der Waals surface area contributed by atoms with Crippen LogP contribution < -0.4 is 9.46 Å². The van der Waals surface area contributed by atoms with Crippen molar-refractivity contribution in [2.45, 2.75) is 36.4 Å². The smallest absolute Gasteiger partial charge is 0.419 e. The molecule has 0 heterocycles. The summed E-state index contributed by atoms with van der Waals surface area (Å²) >= 11 is 0. The Hall–Kier alpha value is -2.33. The molecule has 0 saturated carbocycles. The summed E-state index contributed by atoms with van der Waals surface area (Å²) in [5, 5.41) is 0. The number of rotatable bonds is 5. The number of alkyl halides is 3. The van der Waals surface area contributed by atoms with Crippen LogP contribution in [0.25, 0.3) is 0 Å². The number of sulfonamides is 1. The summed E-state index contributed by atoms with van der Waals surface area (Å²) in [5.41, 5.74) is 0.253. The Labute approximate surface area is 172 Å². The molecule has 164 valence electrons. The molecular formula is C20H22F4N2O3S. The van der Waals surface area contributed by atoms with E-state index in [4.69, 9.17) is 4.74 Å². The minimum atomic E-state index is -5.00. The number of anilines is 1. The zero-order chi connectivity index (χ0) is 22.3. The van der Waals surface area contributed by atoms with E-state index in [9.17, 15) is 26.0 Å². The molecule has 2 aromatic rings. The molecule has 5 nitrogen and oxygen atoms in total. The second-order valence-corrected chi connectivity index (χ2v) is 9.06. The predicted molar refractivity (Wildman–Crippen MR) is 105 cm³/mol. The first-order chi connectivity index (χ1) is 13.9. The van der Waals surface area contributed by atoms with Crippen LogP contribution in [0.3, 0.4) is 0 Å². The maximum absolute atomic E-state index is 13.5. The number of fused-ring (bicyclic) bond motifs is 1. The van der Waals surface area contributed by atoms with Crippen LogP contribution in [-0.4, -0.2) is 40.6 Å². The van der Waals surface area contributed by atoms with Crippen LogP contribution in [0.15, 0.2) is 35.2 Å². The average molecular weight is 446 g/mol. The lowest BCUT2D eigenvalue weighted by atomic mass is 9.86. The Balaban J connectivity index is 2.00. The largest absolute Gasteiger partial charge is 0.496 e.